The van der Waals surface area contributed by atoms with E-state index >= 15 is 0 Å². The summed E-state index contributed by atoms with van der Waals surface area (Å²) in [6, 6.07) is -1.17. The molecular formula is C17H27BrN2O6. The fraction of sp³-hybridized carbons (Fsp3) is 0.765. The van der Waals surface area contributed by atoms with Crippen molar-refractivity contribution in [2.45, 2.75) is 77.6 Å². The zero-order valence-corrected chi connectivity index (χ0v) is 18.0. The van der Waals surface area contributed by atoms with Crippen molar-refractivity contribution in [3.05, 3.63) is 0 Å². The highest BCUT2D eigenvalue weighted by Gasteiger charge is 2.53. The maximum absolute atomic E-state index is 12.9. The van der Waals surface area contributed by atoms with Crippen molar-refractivity contribution in [1.29, 1.82) is 0 Å². The van der Waals surface area contributed by atoms with Gasteiger partial charge in [-0.15, -0.1) is 0 Å². The molecule has 9 heteroatoms. The van der Waals surface area contributed by atoms with Crippen molar-refractivity contribution in [2.24, 2.45) is 5.92 Å². The van der Waals surface area contributed by atoms with Crippen molar-refractivity contribution in [2.75, 3.05) is 0 Å². The summed E-state index contributed by atoms with van der Waals surface area (Å²) in [5.74, 6) is -1.89. The van der Waals surface area contributed by atoms with Gasteiger partial charge in [0.2, 0.25) is 0 Å². The third-order valence-electron chi connectivity index (χ3n) is 3.25. The van der Waals surface area contributed by atoms with Gasteiger partial charge in [0.25, 0.3) is 11.8 Å². The number of rotatable bonds is 1. The molecule has 0 aromatic rings. The van der Waals surface area contributed by atoms with Crippen molar-refractivity contribution in [1.82, 2.24) is 9.80 Å². The van der Waals surface area contributed by atoms with Crippen LogP contribution in [0.25, 0.3) is 0 Å². The number of hydrogen-bond acceptors (Lipinski definition) is 6. The Hall–Kier alpha value is -1.64. The van der Waals surface area contributed by atoms with Crippen LogP contribution in [0.15, 0.2) is 0 Å². The Morgan fingerprint density at radius 1 is 0.885 bits per heavy atom. The highest BCUT2D eigenvalue weighted by atomic mass is 79.9. The lowest BCUT2D eigenvalue weighted by molar-refractivity contribution is -0.157. The fourth-order valence-electron chi connectivity index (χ4n) is 2.32. The van der Waals surface area contributed by atoms with Gasteiger partial charge in [-0.05, 0) is 47.5 Å². The summed E-state index contributed by atoms with van der Waals surface area (Å²) in [6.07, 6.45) is -1.88. The van der Waals surface area contributed by atoms with Gasteiger partial charge in [-0.1, -0.05) is 29.8 Å². The quantitative estimate of drug-likeness (QED) is 0.464. The number of carbonyl (C=O) groups is 4. The third kappa shape index (κ3) is 5.18. The Bertz CT molecular complexity index is 605. The first kappa shape index (κ1) is 22.4. The number of amides is 4. The molecule has 1 fully saturated rings. The Labute approximate surface area is 162 Å². The third-order valence-corrected chi connectivity index (χ3v) is 4.05. The summed E-state index contributed by atoms with van der Waals surface area (Å²) >= 11 is 3.04. The molecule has 0 unspecified atom stereocenters. The predicted molar refractivity (Wildman–Crippen MR) is 97.5 cm³/mol. The summed E-state index contributed by atoms with van der Waals surface area (Å²) < 4.78 is 10.5. The summed E-state index contributed by atoms with van der Waals surface area (Å²) in [4.78, 5) is 50.8. The van der Waals surface area contributed by atoms with Gasteiger partial charge < -0.3 is 9.47 Å². The van der Waals surface area contributed by atoms with Gasteiger partial charge in [0.1, 0.15) is 17.2 Å². The molecule has 1 aliphatic rings. The molecule has 1 aliphatic heterocycles. The average Bonchev–Trinajstić information content (AvgIpc) is 2.37. The number of hydrogen-bond donors (Lipinski definition) is 0. The molecule has 0 bridgehead atoms. The summed E-state index contributed by atoms with van der Waals surface area (Å²) in [5, 5.41) is 0. The Kier molecular flexibility index (Phi) is 6.50. The van der Waals surface area contributed by atoms with E-state index in [2.05, 4.69) is 15.9 Å². The molecule has 8 nitrogen and oxygen atoms in total. The van der Waals surface area contributed by atoms with E-state index < -0.39 is 52.1 Å². The van der Waals surface area contributed by atoms with Crippen molar-refractivity contribution < 1.29 is 28.7 Å². The largest absolute Gasteiger partial charge is 0.443 e. The molecule has 0 aromatic carbocycles. The van der Waals surface area contributed by atoms with E-state index in [1.54, 1.807) is 55.4 Å². The van der Waals surface area contributed by atoms with E-state index in [0.29, 0.717) is 4.90 Å². The Balaban J connectivity index is 3.26. The molecule has 1 rings (SSSR count). The van der Waals surface area contributed by atoms with Crippen LogP contribution in [0.2, 0.25) is 0 Å². The molecule has 0 saturated carbocycles. The smallest absolute Gasteiger partial charge is 0.418 e. The van der Waals surface area contributed by atoms with Gasteiger partial charge >= 0.3 is 12.2 Å². The topological polar surface area (TPSA) is 93.2 Å². The molecule has 0 radical (unpaired) electrons. The van der Waals surface area contributed by atoms with Gasteiger partial charge in [-0.3, -0.25) is 9.59 Å². The molecule has 148 valence electrons. The number of halogens is 1. The number of ether oxygens (including phenoxy) is 2. The zero-order valence-electron chi connectivity index (χ0n) is 16.5. The van der Waals surface area contributed by atoms with Gasteiger partial charge in [0.05, 0.1) is 0 Å². The van der Waals surface area contributed by atoms with Crippen LogP contribution in [0.3, 0.4) is 0 Å². The van der Waals surface area contributed by atoms with Crippen LogP contribution in [0.1, 0.15) is 55.4 Å². The Morgan fingerprint density at radius 3 is 1.62 bits per heavy atom. The van der Waals surface area contributed by atoms with E-state index in [-0.39, 0.29) is 0 Å². The SMILES string of the molecule is CC(C)[C@H]1C(=O)N(C(=O)OC(C)(C)C)[C@H](Br)C(=O)N1C(=O)OC(C)(C)C. The van der Waals surface area contributed by atoms with Crippen LogP contribution in [-0.4, -0.2) is 56.0 Å². The first-order valence-corrected chi connectivity index (χ1v) is 9.24. The van der Waals surface area contributed by atoms with Gasteiger partial charge in [-0.25, -0.2) is 19.4 Å². The van der Waals surface area contributed by atoms with Crippen LogP contribution >= 0.6 is 15.9 Å². The lowest BCUT2D eigenvalue weighted by Gasteiger charge is -2.42. The summed E-state index contributed by atoms with van der Waals surface area (Å²) in [6.45, 7) is 13.3. The first-order chi connectivity index (χ1) is 11.6. The van der Waals surface area contributed by atoms with Crippen LogP contribution < -0.4 is 0 Å². The van der Waals surface area contributed by atoms with Crippen LogP contribution in [0, 0.1) is 5.92 Å². The minimum atomic E-state index is -1.35. The van der Waals surface area contributed by atoms with E-state index in [9.17, 15) is 19.2 Å². The second-order valence-electron chi connectivity index (χ2n) is 8.40. The van der Waals surface area contributed by atoms with E-state index in [1.165, 1.54) is 0 Å². The summed E-state index contributed by atoms with van der Waals surface area (Å²) in [5.41, 5.74) is -1.69. The second kappa shape index (κ2) is 7.54. The highest BCUT2D eigenvalue weighted by Crippen LogP contribution is 2.29. The lowest BCUT2D eigenvalue weighted by atomic mass is 9.99. The molecule has 0 aromatic heterocycles. The maximum Gasteiger partial charge on any atom is 0.418 e. The predicted octanol–water partition coefficient (Wildman–Crippen LogP) is 3.27. The van der Waals surface area contributed by atoms with Crippen LogP contribution in [-0.2, 0) is 19.1 Å². The second-order valence-corrected chi connectivity index (χ2v) is 9.27. The maximum atomic E-state index is 12.9. The molecule has 26 heavy (non-hydrogen) atoms. The van der Waals surface area contributed by atoms with Crippen molar-refractivity contribution >= 4 is 39.9 Å². The molecule has 0 spiro atoms. The number of nitrogens with zero attached hydrogens (tertiary/aromatic N) is 2. The van der Waals surface area contributed by atoms with Gasteiger partial charge in [0, 0.05) is 0 Å². The number of carbonyl (C=O) groups excluding carboxylic acids is 4. The molecule has 2 atom stereocenters. The number of alkyl halides is 1. The first-order valence-electron chi connectivity index (χ1n) is 8.33. The number of imide groups is 2. The standard InChI is InChI=1S/C17H27BrN2O6/c1-9(2)10-12(21)20(15(24)26-17(6,7)8)11(18)13(22)19(10)14(23)25-16(3,4)5/h9-11H,1-8H3/t10-,11-/m0/s1. The summed E-state index contributed by atoms with van der Waals surface area (Å²) in [7, 11) is 0. The minimum absolute atomic E-state index is 0.427. The normalized spacial score (nSPS) is 21.9. The van der Waals surface area contributed by atoms with Gasteiger partial charge in [0.15, 0.2) is 4.95 Å². The number of piperazine rings is 1. The molecule has 1 heterocycles. The van der Waals surface area contributed by atoms with Crippen molar-refractivity contribution in [3.8, 4) is 0 Å². The molecule has 4 amide bonds. The van der Waals surface area contributed by atoms with Crippen LogP contribution in [0.4, 0.5) is 9.59 Å². The molecule has 1 saturated heterocycles. The van der Waals surface area contributed by atoms with E-state index in [1.807, 2.05) is 0 Å². The highest BCUT2D eigenvalue weighted by molar-refractivity contribution is 9.10. The fourth-order valence-corrected chi connectivity index (χ4v) is 2.91. The monoisotopic (exact) mass is 434 g/mol. The Morgan fingerprint density at radius 2 is 1.27 bits per heavy atom. The molecular weight excluding hydrogens is 408 g/mol. The average molecular weight is 435 g/mol. The van der Waals surface area contributed by atoms with Crippen LogP contribution in [0.5, 0.6) is 0 Å². The van der Waals surface area contributed by atoms with E-state index in [0.717, 1.165) is 4.90 Å². The molecule has 0 N–H and O–H groups in total. The zero-order chi connectivity index (χ0) is 20.6. The lowest BCUT2D eigenvalue weighted by Crippen LogP contribution is -2.67. The van der Waals surface area contributed by atoms with Gasteiger partial charge in [-0.2, -0.15) is 0 Å². The minimum Gasteiger partial charge on any atom is -0.443 e. The molecule has 0 aliphatic carbocycles. The van der Waals surface area contributed by atoms with Crippen molar-refractivity contribution in [3.63, 3.8) is 0 Å². The van der Waals surface area contributed by atoms with E-state index in [4.69, 9.17) is 9.47 Å².